The van der Waals surface area contributed by atoms with Crippen LogP contribution in [0.3, 0.4) is 0 Å². The minimum Gasteiger partial charge on any atom is -0.378 e. The number of ether oxygens (including phenoxy) is 1. The number of halogens is 1. The molecule has 0 saturated carbocycles. The zero-order valence-corrected chi connectivity index (χ0v) is 14.3. The third-order valence-electron chi connectivity index (χ3n) is 3.65. The van der Waals surface area contributed by atoms with Crippen molar-refractivity contribution in [3.63, 3.8) is 0 Å². The number of nitrogens with one attached hydrogen (secondary N) is 1. The van der Waals surface area contributed by atoms with E-state index in [9.17, 15) is 0 Å². The van der Waals surface area contributed by atoms with Gasteiger partial charge in [-0.25, -0.2) is 0 Å². The van der Waals surface area contributed by atoms with Crippen LogP contribution in [-0.2, 0) is 4.74 Å². The predicted molar refractivity (Wildman–Crippen MR) is 86.0 cm³/mol. The minimum absolute atomic E-state index is 0.462. The Morgan fingerprint density at radius 3 is 2.95 bits per heavy atom. The second-order valence-electron chi connectivity index (χ2n) is 5.25. The maximum atomic E-state index is 5.84. The quantitative estimate of drug-likeness (QED) is 0.797. The van der Waals surface area contributed by atoms with Crippen molar-refractivity contribution in [2.45, 2.75) is 58.1 Å². The highest BCUT2D eigenvalue weighted by atomic mass is 79.9. The van der Waals surface area contributed by atoms with Crippen molar-refractivity contribution in [3.05, 3.63) is 20.3 Å². The van der Waals surface area contributed by atoms with E-state index >= 15 is 0 Å². The third-order valence-corrected chi connectivity index (χ3v) is 5.74. The number of hydrogen-bond acceptors (Lipinski definition) is 3. The molecule has 19 heavy (non-hydrogen) atoms. The van der Waals surface area contributed by atoms with E-state index in [4.69, 9.17) is 4.74 Å². The van der Waals surface area contributed by atoms with Gasteiger partial charge >= 0.3 is 0 Å². The summed E-state index contributed by atoms with van der Waals surface area (Å²) in [4.78, 5) is 2.81. The molecular formula is C15H24BrNOS. The fraction of sp³-hybridized carbons (Fsp3) is 0.733. The fourth-order valence-corrected chi connectivity index (χ4v) is 4.74. The Morgan fingerprint density at radius 1 is 1.53 bits per heavy atom. The van der Waals surface area contributed by atoms with Gasteiger partial charge in [-0.1, -0.05) is 6.92 Å². The van der Waals surface area contributed by atoms with Gasteiger partial charge in [0.1, 0.15) is 0 Å². The zero-order chi connectivity index (χ0) is 13.7. The molecule has 0 aromatic carbocycles. The van der Waals surface area contributed by atoms with Crippen LogP contribution in [0.25, 0.3) is 0 Å². The van der Waals surface area contributed by atoms with Crippen molar-refractivity contribution in [2.75, 3.05) is 13.2 Å². The summed E-state index contributed by atoms with van der Waals surface area (Å²) in [6.45, 7) is 6.32. The Morgan fingerprint density at radius 2 is 2.37 bits per heavy atom. The molecule has 0 radical (unpaired) electrons. The molecule has 1 aliphatic rings. The van der Waals surface area contributed by atoms with Crippen molar-refractivity contribution >= 4 is 27.3 Å². The van der Waals surface area contributed by atoms with E-state index in [0.29, 0.717) is 12.1 Å². The van der Waals surface area contributed by atoms with E-state index in [1.54, 1.807) is 0 Å². The van der Waals surface area contributed by atoms with Gasteiger partial charge in [0.2, 0.25) is 0 Å². The lowest BCUT2D eigenvalue weighted by molar-refractivity contribution is 0.00861. The van der Waals surface area contributed by atoms with Crippen LogP contribution in [0.5, 0.6) is 0 Å². The number of rotatable bonds is 6. The summed E-state index contributed by atoms with van der Waals surface area (Å²) in [6.07, 6.45) is 6.62. The van der Waals surface area contributed by atoms with Crippen molar-refractivity contribution in [1.29, 1.82) is 0 Å². The van der Waals surface area contributed by atoms with Crippen molar-refractivity contribution in [3.8, 4) is 0 Å². The third kappa shape index (κ3) is 4.55. The normalized spacial score (nSPS) is 21.5. The average molecular weight is 346 g/mol. The lowest BCUT2D eigenvalue weighted by Crippen LogP contribution is -2.24. The van der Waals surface area contributed by atoms with Crippen LogP contribution in [0, 0.1) is 6.92 Å². The van der Waals surface area contributed by atoms with Gasteiger partial charge in [0.25, 0.3) is 0 Å². The molecule has 0 bridgehead atoms. The standard InChI is InChI=1S/C15H24BrNOS/c1-3-17-14(15-13(16)10-11(2)19-15)8-7-12-6-4-5-9-18-12/h10,12,14,17H,3-9H2,1-2H3. The topological polar surface area (TPSA) is 21.3 Å². The van der Waals surface area contributed by atoms with E-state index in [0.717, 1.165) is 19.6 Å². The molecule has 0 amide bonds. The molecule has 2 rings (SSSR count). The first-order chi connectivity index (χ1) is 9.20. The Bertz CT molecular complexity index is 387. The first kappa shape index (κ1) is 15.5. The Kier molecular flexibility index (Phi) is 6.33. The number of hydrogen-bond donors (Lipinski definition) is 1. The highest BCUT2D eigenvalue weighted by molar-refractivity contribution is 9.10. The first-order valence-electron chi connectivity index (χ1n) is 7.31. The Hall–Kier alpha value is 0.100. The van der Waals surface area contributed by atoms with Crippen molar-refractivity contribution in [1.82, 2.24) is 5.32 Å². The van der Waals surface area contributed by atoms with Gasteiger partial charge in [0, 0.05) is 26.9 Å². The molecule has 1 fully saturated rings. The van der Waals surface area contributed by atoms with Crippen LogP contribution < -0.4 is 5.32 Å². The van der Waals surface area contributed by atoms with Gasteiger partial charge in [-0.2, -0.15) is 0 Å². The zero-order valence-electron chi connectivity index (χ0n) is 11.9. The second kappa shape index (κ2) is 7.77. The predicted octanol–water partition coefficient (Wildman–Crippen LogP) is 4.82. The lowest BCUT2D eigenvalue weighted by Gasteiger charge is -2.25. The van der Waals surface area contributed by atoms with Gasteiger partial charge in [-0.15, -0.1) is 11.3 Å². The molecule has 1 saturated heterocycles. The van der Waals surface area contributed by atoms with Gasteiger partial charge in [-0.3, -0.25) is 0 Å². The summed E-state index contributed by atoms with van der Waals surface area (Å²) < 4.78 is 7.10. The number of aryl methyl sites for hydroxylation is 1. The highest BCUT2D eigenvalue weighted by Crippen LogP contribution is 2.35. The van der Waals surface area contributed by atoms with E-state index in [-0.39, 0.29) is 0 Å². The molecule has 2 heterocycles. The summed E-state index contributed by atoms with van der Waals surface area (Å²) in [5.74, 6) is 0. The average Bonchev–Trinajstić information content (AvgIpc) is 2.75. The highest BCUT2D eigenvalue weighted by Gasteiger charge is 2.20. The van der Waals surface area contributed by atoms with Crippen LogP contribution in [0.15, 0.2) is 10.5 Å². The Labute approximate surface area is 129 Å². The maximum Gasteiger partial charge on any atom is 0.0575 e. The Balaban J connectivity index is 1.93. The maximum absolute atomic E-state index is 5.84. The van der Waals surface area contributed by atoms with Gasteiger partial charge in [-0.05, 0) is 67.6 Å². The fourth-order valence-electron chi connectivity index (χ4n) is 2.70. The molecule has 2 nitrogen and oxygen atoms in total. The van der Waals surface area contributed by atoms with Gasteiger partial charge in [0.15, 0.2) is 0 Å². The molecule has 0 aliphatic carbocycles. The summed E-state index contributed by atoms with van der Waals surface area (Å²) >= 11 is 5.59. The molecule has 1 aliphatic heterocycles. The molecule has 4 heteroatoms. The second-order valence-corrected chi connectivity index (χ2v) is 7.39. The van der Waals surface area contributed by atoms with E-state index in [1.807, 2.05) is 11.3 Å². The van der Waals surface area contributed by atoms with E-state index in [1.165, 1.54) is 39.9 Å². The monoisotopic (exact) mass is 345 g/mol. The molecule has 1 aromatic heterocycles. The van der Waals surface area contributed by atoms with Crippen molar-refractivity contribution in [2.24, 2.45) is 0 Å². The molecular weight excluding hydrogens is 322 g/mol. The molecule has 1 N–H and O–H groups in total. The van der Waals surface area contributed by atoms with E-state index < -0.39 is 0 Å². The summed E-state index contributed by atoms with van der Waals surface area (Å²) in [6, 6.07) is 2.69. The SMILES string of the molecule is CCNC(CCC1CCCCO1)c1sc(C)cc1Br. The summed E-state index contributed by atoms with van der Waals surface area (Å²) in [7, 11) is 0. The van der Waals surface area contributed by atoms with Crippen LogP contribution >= 0.6 is 27.3 Å². The van der Waals surface area contributed by atoms with Crippen LogP contribution in [0.4, 0.5) is 0 Å². The van der Waals surface area contributed by atoms with Crippen LogP contribution in [0.2, 0.25) is 0 Å². The largest absolute Gasteiger partial charge is 0.378 e. The van der Waals surface area contributed by atoms with Crippen LogP contribution in [0.1, 0.15) is 54.8 Å². The molecule has 2 unspecified atom stereocenters. The molecule has 108 valence electrons. The van der Waals surface area contributed by atoms with E-state index in [2.05, 4.69) is 41.2 Å². The smallest absolute Gasteiger partial charge is 0.0575 e. The van der Waals surface area contributed by atoms with Gasteiger partial charge in [0.05, 0.1) is 6.10 Å². The van der Waals surface area contributed by atoms with Crippen LogP contribution in [-0.4, -0.2) is 19.3 Å². The number of thiophene rings is 1. The minimum atomic E-state index is 0.462. The molecule has 0 spiro atoms. The summed E-state index contributed by atoms with van der Waals surface area (Å²) in [5, 5.41) is 3.62. The lowest BCUT2D eigenvalue weighted by atomic mass is 10.0. The summed E-state index contributed by atoms with van der Waals surface area (Å²) in [5.41, 5.74) is 0. The molecule has 1 aromatic rings. The van der Waals surface area contributed by atoms with Gasteiger partial charge < -0.3 is 10.1 Å². The molecule has 2 atom stereocenters. The van der Waals surface area contributed by atoms with Crippen molar-refractivity contribution < 1.29 is 4.74 Å². The first-order valence-corrected chi connectivity index (χ1v) is 8.92.